The molecule has 0 aromatic heterocycles. The van der Waals surface area contributed by atoms with E-state index >= 15 is 0 Å². The first kappa shape index (κ1) is 13.3. The Morgan fingerprint density at radius 3 is 2.65 bits per heavy atom. The third-order valence-electron chi connectivity index (χ3n) is 2.51. The molecule has 4 N–H and O–H groups in total. The number of phenolic OH excluding ortho intramolecular Hbond substituents is 2. The standard InChI is InChI=1S/C12H18N2O3/c1-2-14(7-3-6-13)12(17)10-5-4-9(15)8-11(10)16/h4-5,8,15-16H,2-3,6-7,13H2,1H3. The van der Waals surface area contributed by atoms with Crippen LogP contribution in [0.15, 0.2) is 18.2 Å². The van der Waals surface area contributed by atoms with Crippen molar-refractivity contribution in [3.8, 4) is 11.5 Å². The van der Waals surface area contributed by atoms with Gasteiger partial charge >= 0.3 is 0 Å². The van der Waals surface area contributed by atoms with Crippen LogP contribution in [0.5, 0.6) is 11.5 Å². The summed E-state index contributed by atoms with van der Waals surface area (Å²) in [6.07, 6.45) is 0.721. The molecule has 0 saturated heterocycles. The van der Waals surface area contributed by atoms with Crippen LogP contribution in [0.3, 0.4) is 0 Å². The molecule has 0 atom stereocenters. The average molecular weight is 238 g/mol. The first-order valence-corrected chi connectivity index (χ1v) is 5.61. The molecule has 0 aliphatic heterocycles. The van der Waals surface area contributed by atoms with E-state index in [1.54, 1.807) is 4.90 Å². The van der Waals surface area contributed by atoms with E-state index in [2.05, 4.69) is 0 Å². The molecule has 0 unspecified atom stereocenters. The van der Waals surface area contributed by atoms with Crippen molar-refractivity contribution in [2.75, 3.05) is 19.6 Å². The fraction of sp³-hybridized carbons (Fsp3) is 0.417. The molecule has 0 saturated carbocycles. The molecule has 5 nitrogen and oxygen atoms in total. The second-order valence-electron chi connectivity index (χ2n) is 3.73. The zero-order valence-electron chi connectivity index (χ0n) is 9.89. The molecule has 0 bridgehead atoms. The van der Waals surface area contributed by atoms with Gasteiger partial charge in [0.2, 0.25) is 0 Å². The Hall–Kier alpha value is -1.75. The molecule has 0 aliphatic rings. The lowest BCUT2D eigenvalue weighted by Gasteiger charge is -2.21. The lowest BCUT2D eigenvalue weighted by Crippen LogP contribution is -2.32. The summed E-state index contributed by atoms with van der Waals surface area (Å²) >= 11 is 0. The number of hydrogen-bond donors (Lipinski definition) is 3. The van der Waals surface area contributed by atoms with Gasteiger partial charge in [-0.3, -0.25) is 4.79 Å². The van der Waals surface area contributed by atoms with Crippen molar-refractivity contribution < 1.29 is 15.0 Å². The molecule has 0 spiro atoms. The monoisotopic (exact) mass is 238 g/mol. The highest BCUT2D eigenvalue weighted by atomic mass is 16.3. The molecule has 17 heavy (non-hydrogen) atoms. The van der Waals surface area contributed by atoms with Crippen molar-refractivity contribution in [3.05, 3.63) is 23.8 Å². The topological polar surface area (TPSA) is 86.8 Å². The maximum absolute atomic E-state index is 12.1. The number of nitrogens with zero attached hydrogens (tertiary/aromatic N) is 1. The Bertz CT molecular complexity index is 393. The van der Waals surface area contributed by atoms with E-state index in [1.807, 2.05) is 6.92 Å². The zero-order valence-corrected chi connectivity index (χ0v) is 9.89. The lowest BCUT2D eigenvalue weighted by atomic mass is 10.1. The molecular formula is C12H18N2O3. The van der Waals surface area contributed by atoms with E-state index in [0.29, 0.717) is 19.6 Å². The predicted octanol–water partition coefficient (Wildman–Crippen LogP) is 0.909. The Morgan fingerprint density at radius 1 is 1.41 bits per heavy atom. The molecule has 0 radical (unpaired) electrons. The van der Waals surface area contributed by atoms with Crippen LogP contribution in [0.2, 0.25) is 0 Å². The van der Waals surface area contributed by atoms with Gasteiger partial charge in [0.25, 0.3) is 5.91 Å². The van der Waals surface area contributed by atoms with Crippen molar-refractivity contribution >= 4 is 5.91 Å². The summed E-state index contributed by atoms with van der Waals surface area (Å²) in [5.74, 6) is -0.524. The number of nitrogens with two attached hydrogens (primary N) is 1. The minimum atomic E-state index is -0.251. The van der Waals surface area contributed by atoms with Crippen molar-refractivity contribution in [1.29, 1.82) is 0 Å². The van der Waals surface area contributed by atoms with Crippen molar-refractivity contribution in [1.82, 2.24) is 4.90 Å². The maximum Gasteiger partial charge on any atom is 0.257 e. The number of hydrogen-bond acceptors (Lipinski definition) is 4. The van der Waals surface area contributed by atoms with Gasteiger partial charge in [0.15, 0.2) is 0 Å². The fourth-order valence-corrected chi connectivity index (χ4v) is 1.56. The SMILES string of the molecule is CCN(CCCN)C(=O)c1ccc(O)cc1O. The molecule has 0 fully saturated rings. The second kappa shape index (κ2) is 6.10. The van der Waals surface area contributed by atoms with Gasteiger partial charge in [0, 0.05) is 19.2 Å². The summed E-state index contributed by atoms with van der Waals surface area (Å²) in [5.41, 5.74) is 5.60. The van der Waals surface area contributed by atoms with Crippen LogP contribution in [0.4, 0.5) is 0 Å². The smallest absolute Gasteiger partial charge is 0.257 e. The third-order valence-corrected chi connectivity index (χ3v) is 2.51. The third kappa shape index (κ3) is 3.35. The zero-order chi connectivity index (χ0) is 12.8. The molecule has 94 valence electrons. The summed E-state index contributed by atoms with van der Waals surface area (Å²) in [4.78, 5) is 13.7. The number of carbonyl (C=O) groups excluding carboxylic acids is 1. The predicted molar refractivity (Wildman–Crippen MR) is 65.0 cm³/mol. The molecule has 1 aromatic rings. The number of amides is 1. The highest BCUT2D eigenvalue weighted by molar-refractivity contribution is 5.97. The van der Waals surface area contributed by atoms with Gasteiger partial charge in [-0.25, -0.2) is 0 Å². The van der Waals surface area contributed by atoms with Crippen molar-refractivity contribution in [2.45, 2.75) is 13.3 Å². The van der Waals surface area contributed by atoms with Crippen LogP contribution in [0.25, 0.3) is 0 Å². The Kier molecular flexibility index (Phi) is 4.78. The number of benzene rings is 1. The van der Waals surface area contributed by atoms with Crippen LogP contribution in [0, 0.1) is 0 Å². The molecule has 1 amide bonds. The highest BCUT2D eigenvalue weighted by Gasteiger charge is 2.17. The molecule has 0 aliphatic carbocycles. The van der Waals surface area contributed by atoms with Crippen LogP contribution < -0.4 is 5.73 Å². The van der Waals surface area contributed by atoms with E-state index in [0.717, 1.165) is 12.5 Å². The van der Waals surface area contributed by atoms with Crippen LogP contribution >= 0.6 is 0 Å². The maximum atomic E-state index is 12.1. The quantitative estimate of drug-likeness (QED) is 0.711. The summed E-state index contributed by atoms with van der Waals surface area (Å²) in [7, 11) is 0. The number of phenols is 2. The van der Waals surface area contributed by atoms with Crippen LogP contribution in [-0.2, 0) is 0 Å². The fourth-order valence-electron chi connectivity index (χ4n) is 1.56. The lowest BCUT2D eigenvalue weighted by molar-refractivity contribution is 0.0760. The summed E-state index contributed by atoms with van der Waals surface area (Å²) in [6.45, 7) is 3.50. The van der Waals surface area contributed by atoms with E-state index in [9.17, 15) is 9.90 Å². The number of aromatic hydroxyl groups is 2. The van der Waals surface area contributed by atoms with Gasteiger partial charge in [-0.1, -0.05) is 0 Å². The van der Waals surface area contributed by atoms with Gasteiger partial charge in [0.05, 0.1) is 5.56 Å². The highest BCUT2D eigenvalue weighted by Crippen LogP contribution is 2.23. The summed E-state index contributed by atoms with van der Waals surface area (Å²) in [5, 5.41) is 18.8. The molecule has 1 rings (SSSR count). The van der Waals surface area contributed by atoms with E-state index in [4.69, 9.17) is 10.8 Å². The van der Waals surface area contributed by atoms with Crippen molar-refractivity contribution in [3.63, 3.8) is 0 Å². The molecule has 5 heteroatoms. The molecular weight excluding hydrogens is 220 g/mol. The second-order valence-corrected chi connectivity index (χ2v) is 3.73. The first-order chi connectivity index (χ1) is 8.10. The van der Waals surface area contributed by atoms with Crippen molar-refractivity contribution in [2.24, 2.45) is 5.73 Å². The Morgan fingerprint density at radius 2 is 2.12 bits per heavy atom. The summed E-state index contributed by atoms with van der Waals surface area (Å²) in [6, 6.07) is 3.95. The number of carbonyl (C=O) groups is 1. The molecule has 1 aromatic carbocycles. The van der Waals surface area contributed by atoms with Gasteiger partial charge in [-0.15, -0.1) is 0 Å². The first-order valence-electron chi connectivity index (χ1n) is 5.61. The van der Waals surface area contributed by atoms with Gasteiger partial charge < -0.3 is 20.8 Å². The van der Waals surface area contributed by atoms with E-state index < -0.39 is 0 Å². The van der Waals surface area contributed by atoms with Gasteiger partial charge in [-0.05, 0) is 32.0 Å². The van der Waals surface area contributed by atoms with Crippen LogP contribution in [-0.4, -0.2) is 40.7 Å². The van der Waals surface area contributed by atoms with Gasteiger partial charge in [0.1, 0.15) is 11.5 Å². The minimum absolute atomic E-state index is 0.0657. The van der Waals surface area contributed by atoms with E-state index in [-0.39, 0.29) is 23.0 Å². The number of rotatable bonds is 5. The van der Waals surface area contributed by atoms with E-state index in [1.165, 1.54) is 12.1 Å². The largest absolute Gasteiger partial charge is 0.508 e. The summed E-state index contributed by atoms with van der Waals surface area (Å²) < 4.78 is 0. The molecule has 0 heterocycles. The minimum Gasteiger partial charge on any atom is -0.508 e. The average Bonchev–Trinajstić information content (AvgIpc) is 2.29. The Labute approximate surface area is 100 Å². The Balaban J connectivity index is 2.86. The normalized spacial score (nSPS) is 10.2. The van der Waals surface area contributed by atoms with Gasteiger partial charge in [-0.2, -0.15) is 0 Å². The van der Waals surface area contributed by atoms with Crippen LogP contribution in [0.1, 0.15) is 23.7 Å².